The summed E-state index contributed by atoms with van der Waals surface area (Å²) in [4.78, 5) is 25.0. The van der Waals surface area contributed by atoms with E-state index < -0.39 is 0 Å². The predicted molar refractivity (Wildman–Crippen MR) is 67.8 cm³/mol. The predicted octanol–water partition coefficient (Wildman–Crippen LogP) is -0.162. The van der Waals surface area contributed by atoms with E-state index in [9.17, 15) is 9.59 Å². The number of rotatable bonds is 2. The summed E-state index contributed by atoms with van der Waals surface area (Å²) < 4.78 is 0. The molecule has 0 aromatic rings. The Balaban J connectivity index is 1.98. The van der Waals surface area contributed by atoms with E-state index in [1.807, 2.05) is 11.8 Å². The number of carbonyl (C=O) groups is 2. The van der Waals surface area contributed by atoms with Crippen molar-refractivity contribution in [3.8, 4) is 0 Å². The second kappa shape index (κ2) is 5.48. The molecule has 2 atom stereocenters. The molecule has 2 aliphatic heterocycles. The molecule has 0 aromatic heterocycles. The van der Waals surface area contributed by atoms with Gasteiger partial charge in [-0.05, 0) is 25.7 Å². The Hall–Kier alpha value is -1.43. The average molecular weight is 252 g/mol. The van der Waals surface area contributed by atoms with Crippen LogP contribution in [-0.4, -0.2) is 41.6 Å². The monoisotopic (exact) mass is 252 g/mol. The molecule has 2 amide bonds. The minimum absolute atomic E-state index is 0.0552. The maximum Gasteiger partial charge on any atom is 0.270 e. The van der Waals surface area contributed by atoms with Gasteiger partial charge in [0.05, 0.1) is 0 Å². The standard InChI is InChI=1S/C12H20N4O2/c1-8(13)9-3-2-6-16(7-9)12(18)10-4-5-11(17)15-14-10/h8-9H,2-7,13H2,1H3,(H,15,17). The molecule has 0 radical (unpaired) electrons. The van der Waals surface area contributed by atoms with Gasteiger partial charge in [-0.25, -0.2) is 5.43 Å². The highest BCUT2D eigenvalue weighted by Gasteiger charge is 2.29. The van der Waals surface area contributed by atoms with Crippen LogP contribution in [0.1, 0.15) is 32.6 Å². The molecule has 100 valence electrons. The molecular formula is C12H20N4O2. The Labute approximate surface area is 107 Å². The van der Waals surface area contributed by atoms with Gasteiger partial charge in [0.15, 0.2) is 0 Å². The third-order valence-electron chi connectivity index (χ3n) is 3.64. The molecule has 1 fully saturated rings. The van der Waals surface area contributed by atoms with Gasteiger partial charge in [0, 0.05) is 32.0 Å². The quantitative estimate of drug-likeness (QED) is 0.715. The first kappa shape index (κ1) is 13.0. The Bertz CT molecular complexity index is 378. The van der Waals surface area contributed by atoms with Gasteiger partial charge in [-0.3, -0.25) is 9.59 Å². The SMILES string of the molecule is CC(N)C1CCCN(C(=O)C2=NNC(=O)CC2)C1. The largest absolute Gasteiger partial charge is 0.337 e. The second-order valence-corrected chi connectivity index (χ2v) is 5.11. The zero-order valence-electron chi connectivity index (χ0n) is 10.7. The molecule has 6 nitrogen and oxygen atoms in total. The number of hydrazone groups is 1. The van der Waals surface area contributed by atoms with Crippen LogP contribution in [0.4, 0.5) is 0 Å². The zero-order chi connectivity index (χ0) is 13.1. The number of carbonyl (C=O) groups excluding carboxylic acids is 2. The Morgan fingerprint density at radius 3 is 2.94 bits per heavy atom. The molecule has 0 saturated carbocycles. The van der Waals surface area contributed by atoms with Gasteiger partial charge in [-0.15, -0.1) is 0 Å². The fourth-order valence-electron chi connectivity index (χ4n) is 2.43. The average Bonchev–Trinajstić information content (AvgIpc) is 2.39. The van der Waals surface area contributed by atoms with Crippen LogP contribution < -0.4 is 11.2 Å². The van der Waals surface area contributed by atoms with Crippen molar-refractivity contribution in [1.82, 2.24) is 10.3 Å². The molecule has 6 heteroatoms. The van der Waals surface area contributed by atoms with Gasteiger partial charge in [0.25, 0.3) is 5.91 Å². The van der Waals surface area contributed by atoms with Gasteiger partial charge >= 0.3 is 0 Å². The van der Waals surface area contributed by atoms with E-state index in [1.165, 1.54) is 0 Å². The van der Waals surface area contributed by atoms with E-state index in [2.05, 4.69) is 10.5 Å². The van der Waals surface area contributed by atoms with Crippen molar-refractivity contribution < 1.29 is 9.59 Å². The van der Waals surface area contributed by atoms with Gasteiger partial charge in [-0.1, -0.05) is 0 Å². The van der Waals surface area contributed by atoms with Crippen molar-refractivity contribution >= 4 is 17.5 Å². The first-order valence-electron chi connectivity index (χ1n) is 6.48. The topological polar surface area (TPSA) is 87.8 Å². The van der Waals surface area contributed by atoms with Crippen LogP contribution in [0.15, 0.2) is 5.10 Å². The minimum atomic E-state index is -0.126. The van der Waals surface area contributed by atoms with Crippen LogP contribution in [0, 0.1) is 5.92 Å². The molecule has 2 heterocycles. The third kappa shape index (κ3) is 2.87. The molecule has 0 spiro atoms. The number of likely N-dealkylation sites (tertiary alicyclic amines) is 1. The summed E-state index contributed by atoms with van der Waals surface area (Å²) in [5.41, 5.74) is 8.72. The number of piperidine rings is 1. The molecule has 18 heavy (non-hydrogen) atoms. The molecule has 0 aliphatic carbocycles. The van der Waals surface area contributed by atoms with E-state index in [4.69, 9.17) is 5.73 Å². The van der Waals surface area contributed by atoms with E-state index >= 15 is 0 Å². The summed E-state index contributed by atoms with van der Waals surface area (Å²) in [5.74, 6) is 0.181. The van der Waals surface area contributed by atoms with Crippen LogP contribution >= 0.6 is 0 Å². The first-order chi connectivity index (χ1) is 8.58. The van der Waals surface area contributed by atoms with E-state index in [0.717, 1.165) is 19.4 Å². The Kier molecular flexibility index (Phi) is 3.96. The number of nitrogens with two attached hydrogens (primary N) is 1. The van der Waals surface area contributed by atoms with Crippen molar-refractivity contribution in [2.24, 2.45) is 16.8 Å². The summed E-state index contributed by atoms with van der Waals surface area (Å²) in [5, 5.41) is 3.85. The van der Waals surface area contributed by atoms with Crippen LogP contribution in [0.25, 0.3) is 0 Å². The fourth-order valence-corrected chi connectivity index (χ4v) is 2.43. The van der Waals surface area contributed by atoms with Crippen molar-refractivity contribution in [3.63, 3.8) is 0 Å². The van der Waals surface area contributed by atoms with Crippen molar-refractivity contribution in [3.05, 3.63) is 0 Å². The van der Waals surface area contributed by atoms with E-state index in [-0.39, 0.29) is 17.9 Å². The van der Waals surface area contributed by atoms with Crippen LogP contribution in [-0.2, 0) is 9.59 Å². The molecule has 3 N–H and O–H groups in total. The Morgan fingerprint density at radius 2 is 2.33 bits per heavy atom. The molecule has 2 aliphatic rings. The molecule has 0 bridgehead atoms. The van der Waals surface area contributed by atoms with Gasteiger partial charge < -0.3 is 10.6 Å². The lowest BCUT2D eigenvalue weighted by Crippen LogP contribution is -2.48. The van der Waals surface area contributed by atoms with E-state index in [1.54, 1.807) is 0 Å². The number of nitrogens with one attached hydrogen (secondary N) is 1. The highest BCUT2D eigenvalue weighted by Crippen LogP contribution is 2.19. The van der Waals surface area contributed by atoms with Crippen LogP contribution in [0.3, 0.4) is 0 Å². The normalized spacial score (nSPS) is 26.3. The van der Waals surface area contributed by atoms with Crippen molar-refractivity contribution in [2.75, 3.05) is 13.1 Å². The van der Waals surface area contributed by atoms with Crippen LogP contribution in [0.2, 0.25) is 0 Å². The van der Waals surface area contributed by atoms with Gasteiger partial charge in [0.2, 0.25) is 5.91 Å². The highest BCUT2D eigenvalue weighted by atomic mass is 16.2. The lowest BCUT2D eigenvalue weighted by molar-refractivity contribution is -0.126. The fraction of sp³-hybridized carbons (Fsp3) is 0.750. The lowest BCUT2D eigenvalue weighted by atomic mass is 9.92. The van der Waals surface area contributed by atoms with Crippen LogP contribution in [0.5, 0.6) is 0 Å². The molecule has 1 saturated heterocycles. The molecule has 2 rings (SSSR count). The number of hydrogen-bond donors (Lipinski definition) is 2. The van der Waals surface area contributed by atoms with Crippen molar-refractivity contribution in [1.29, 1.82) is 0 Å². The number of hydrogen-bond acceptors (Lipinski definition) is 4. The number of nitrogens with zero attached hydrogens (tertiary/aromatic N) is 2. The highest BCUT2D eigenvalue weighted by molar-refractivity contribution is 6.39. The maximum atomic E-state index is 12.2. The Morgan fingerprint density at radius 1 is 1.56 bits per heavy atom. The summed E-state index contributed by atoms with van der Waals surface area (Å²) in [7, 11) is 0. The third-order valence-corrected chi connectivity index (χ3v) is 3.64. The second-order valence-electron chi connectivity index (χ2n) is 5.11. The summed E-state index contributed by atoms with van der Waals surface area (Å²) in [6, 6.07) is 0.105. The summed E-state index contributed by atoms with van der Waals surface area (Å²) in [6.07, 6.45) is 2.83. The smallest absolute Gasteiger partial charge is 0.270 e. The zero-order valence-corrected chi connectivity index (χ0v) is 10.7. The molecular weight excluding hydrogens is 232 g/mol. The van der Waals surface area contributed by atoms with E-state index in [0.29, 0.717) is 31.0 Å². The summed E-state index contributed by atoms with van der Waals surface area (Å²) >= 11 is 0. The van der Waals surface area contributed by atoms with Gasteiger partial charge in [-0.2, -0.15) is 5.10 Å². The van der Waals surface area contributed by atoms with Gasteiger partial charge in [0.1, 0.15) is 5.71 Å². The maximum absolute atomic E-state index is 12.2. The lowest BCUT2D eigenvalue weighted by Gasteiger charge is -2.35. The van der Waals surface area contributed by atoms with Crippen molar-refractivity contribution in [2.45, 2.75) is 38.6 Å². The number of amides is 2. The molecule has 2 unspecified atom stereocenters. The summed E-state index contributed by atoms with van der Waals surface area (Å²) in [6.45, 7) is 3.44. The minimum Gasteiger partial charge on any atom is -0.337 e. The first-order valence-corrected chi connectivity index (χ1v) is 6.48. The molecule has 0 aromatic carbocycles.